The Hall–Kier alpha value is -3.01. The minimum atomic E-state index is -0.689. The van der Waals surface area contributed by atoms with Crippen LogP contribution < -0.4 is 21.3 Å². The van der Waals surface area contributed by atoms with E-state index in [-0.39, 0.29) is 23.5 Å². The highest BCUT2D eigenvalue weighted by Gasteiger charge is 2.31. The molecule has 0 bridgehead atoms. The molecule has 1 amide bonds. The van der Waals surface area contributed by atoms with Gasteiger partial charge < -0.3 is 21.3 Å². The van der Waals surface area contributed by atoms with Crippen LogP contribution in [0.15, 0.2) is 18.2 Å². The van der Waals surface area contributed by atoms with Gasteiger partial charge in [-0.1, -0.05) is 0 Å². The minimum Gasteiger partial charge on any atom is -0.367 e. The summed E-state index contributed by atoms with van der Waals surface area (Å²) in [4.78, 5) is 20.6. The number of nitrogens with one attached hydrogen (secondary N) is 2. The van der Waals surface area contributed by atoms with E-state index in [1.54, 1.807) is 12.1 Å². The van der Waals surface area contributed by atoms with Gasteiger partial charge in [-0.3, -0.25) is 9.69 Å². The summed E-state index contributed by atoms with van der Waals surface area (Å²) < 4.78 is 14.9. The van der Waals surface area contributed by atoms with Crippen molar-refractivity contribution in [3.8, 4) is 0 Å². The van der Waals surface area contributed by atoms with Crippen LogP contribution in [0, 0.1) is 5.82 Å². The topological polar surface area (TPSA) is 112 Å². The molecule has 4 N–H and O–H groups in total. The second kappa shape index (κ2) is 8.26. The normalized spacial score (nSPS) is 19.7. The lowest BCUT2D eigenvalue weighted by Crippen LogP contribution is -2.47. The molecule has 2 heterocycles. The maximum Gasteiger partial charge on any atom is 0.273 e. The Bertz CT molecular complexity index is 970. The molecule has 3 fully saturated rings. The summed E-state index contributed by atoms with van der Waals surface area (Å²) >= 11 is 0. The molecule has 1 aliphatic heterocycles. The molecule has 0 unspecified atom stereocenters. The fraction of sp³-hybridized carbons (Fsp3) is 0.524. The number of carbonyl (C=O) groups is 1. The van der Waals surface area contributed by atoms with Gasteiger partial charge in [-0.05, 0) is 50.3 Å². The average Bonchev–Trinajstić information content (AvgIpc) is 3.56. The number of carbonyl (C=O) groups excluding carboxylic acids is 1. The van der Waals surface area contributed by atoms with Crippen molar-refractivity contribution in [2.75, 3.05) is 41.7 Å². The van der Waals surface area contributed by atoms with Gasteiger partial charge in [0.15, 0.2) is 11.5 Å². The van der Waals surface area contributed by atoms with Gasteiger partial charge in [0, 0.05) is 44.0 Å². The monoisotopic (exact) mass is 426 g/mol. The highest BCUT2D eigenvalue weighted by molar-refractivity contribution is 5.95. The summed E-state index contributed by atoms with van der Waals surface area (Å²) in [5.41, 5.74) is 6.52. The number of benzene rings is 1. The number of rotatable bonds is 7. The van der Waals surface area contributed by atoms with Crippen LogP contribution in [0.5, 0.6) is 0 Å². The Kier molecular flexibility index (Phi) is 5.31. The second-order valence-corrected chi connectivity index (χ2v) is 8.51. The van der Waals surface area contributed by atoms with Gasteiger partial charge in [-0.15, -0.1) is 10.2 Å². The van der Waals surface area contributed by atoms with Crippen molar-refractivity contribution in [3.05, 3.63) is 29.7 Å². The summed E-state index contributed by atoms with van der Waals surface area (Å²) in [5, 5.41) is 14.0. The predicted molar refractivity (Wildman–Crippen MR) is 116 cm³/mol. The molecular weight excluding hydrogens is 399 g/mol. The van der Waals surface area contributed by atoms with E-state index in [1.807, 2.05) is 0 Å². The average molecular weight is 427 g/mol. The smallest absolute Gasteiger partial charge is 0.273 e. The third-order valence-corrected chi connectivity index (χ3v) is 6.29. The Morgan fingerprint density at radius 3 is 2.48 bits per heavy atom. The van der Waals surface area contributed by atoms with Gasteiger partial charge in [-0.2, -0.15) is 4.98 Å². The molecule has 1 aromatic heterocycles. The molecule has 2 aromatic rings. The largest absolute Gasteiger partial charge is 0.367 e. The van der Waals surface area contributed by atoms with E-state index in [1.165, 1.54) is 18.9 Å². The first-order valence-electron chi connectivity index (χ1n) is 10.9. The van der Waals surface area contributed by atoms with Crippen molar-refractivity contribution in [3.63, 3.8) is 0 Å². The van der Waals surface area contributed by atoms with E-state index in [0.29, 0.717) is 17.2 Å². The van der Waals surface area contributed by atoms with Crippen molar-refractivity contribution < 1.29 is 9.18 Å². The third-order valence-electron chi connectivity index (χ3n) is 6.29. The molecule has 164 valence electrons. The van der Waals surface area contributed by atoms with Crippen LogP contribution in [-0.4, -0.2) is 64.3 Å². The van der Waals surface area contributed by atoms with E-state index in [9.17, 15) is 9.18 Å². The molecule has 31 heavy (non-hydrogen) atoms. The van der Waals surface area contributed by atoms with E-state index in [0.717, 1.165) is 51.5 Å². The van der Waals surface area contributed by atoms with Gasteiger partial charge >= 0.3 is 0 Å². The maximum absolute atomic E-state index is 14.9. The van der Waals surface area contributed by atoms with Gasteiger partial charge in [0.25, 0.3) is 5.91 Å². The van der Waals surface area contributed by atoms with E-state index < -0.39 is 5.91 Å². The van der Waals surface area contributed by atoms with Crippen molar-refractivity contribution in [2.24, 2.45) is 5.73 Å². The summed E-state index contributed by atoms with van der Waals surface area (Å²) in [7, 11) is 0. The lowest BCUT2D eigenvalue weighted by Gasteiger charge is -2.36. The second-order valence-electron chi connectivity index (χ2n) is 8.51. The van der Waals surface area contributed by atoms with Crippen LogP contribution in [0.1, 0.15) is 42.6 Å². The number of primary amides is 1. The van der Waals surface area contributed by atoms with E-state index in [4.69, 9.17) is 5.73 Å². The number of aromatic nitrogens is 3. The molecule has 2 aliphatic carbocycles. The number of anilines is 4. The quantitative estimate of drug-likeness (QED) is 0.617. The van der Waals surface area contributed by atoms with Gasteiger partial charge in [0.2, 0.25) is 5.95 Å². The zero-order valence-electron chi connectivity index (χ0n) is 17.4. The number of halogens is 1. The van der Waals surface area contributed by atoms with Crippen molar-refractivity contribution in [2.45, 2.75) is 44.2 Å². The summed E-state index contributed by atoms with van der Waals surface area (Å²) in [6.07, 6.45) is 5.74. The van der Waals surface area contributed by atoms with Crippen LogP contribution in [0.4, 0.5) is 27.5 Å². The summed E-state index contributed by atoms with van der Waals surface area (Å²) in [5.74, 6) is -0.498. The minimum absolute atomic E-state index is 0.00400. The highest BCUT2D eigenvalue weighted by atomic mass is 19.1. The van der Waals surface area contributed by atoms with Crippen LogP contribution in [0.3, 0.4) is 0 Å². The van der Waals surface area contributed by atoms with Crippen molar-refractivity contribution in [1.29, 1.82) is 0 Å². The Morgan fingerprint density at radius 2 is 1.87 bits per heavy atom. The number of piperazine rings is 1. The lowest BCUT2D eigenvalue weighted by molar-refractivity contribution is 0.0995. The van der Waals surface area contributed by atoms with Crippen molar-refractivity contribution >= 4 is 29.0 Å². The molecular formula is C21H27FN8O. The standard InChI is InChI=1S/C21H27FN8O/c22-16-12-14(4-7-17(16)30-10-8-29(9-11-30)15-5-6-15)25-21-26-20(24-13-2-1-3-13)18(19(23)31)27-28-21/h4,7,12-13,15H,1-3,5-6,8-11H2,(H2,23,31)(H2,24,25,26,28). The van der Waals surface area contributed by atoms with Gasteiger partial charge in [0.05, 0.1) is 5.69 Å². The van der Waals surface area contributed by atoms with E-state index in [2.05, 4.69) is 35.6 Å². The first kappa shape index (κ1) is 19.9. The fourth-order valence-electron chi connectivity index (χ4n) is 4.13. The zero-order valence-corrected chi connectivity index (χ0v) is 17.4. The molecule has 5 rings (SSSR count). The molecule has 1 aromatic carbocycles. The summed E-state index contributed by atoms with van der Waals surface area (Å²) in [6, 6.07) is 6.02. The molecule has 0 atom stereocenters. The van der Waals surface area contributed by atoms with E-state index >= 15 is 0 Å². The Labute approximate surface area is 180 Å². The number of hydrogen-bond donors (Lipinski definition) is 3. The van der Waals surface area contributed by atoms with Crippen LogP contribution in [0.25, 0.3) is 0 Å². The first-order chi connectivity index (χ1) is 15.1. The molecule has 10 heteroatoms. The first-order valence-corrected chi connectivity index (χ1v) is 10.9. The Morgan fingerprint density at radius 1 is 1.10 bits per heavy atom. The van der Waals surface area contributed by atoms with Crippen LogP contribution >= 0.6 is 0 Å². The van der Waals surface area contributed by atoms with Crippen molar-refractivity contribution in [1.82, 2.24) is 20.1 Å². The van der Waals surface area contributed by atoms with Gasteiger partial charge in [0.1, 0.15) is 5.82 Å². The molecule has 2 saturated carbocycles. The Balaban J connectivity index is 1.28. The SMILES string of the molecule is NC(=O)c1nnc(Nc2ccc(N3CCN(C4CC4)CC3)c(F)c2)nc1NC1CCC1. The maximum atomic E-state index is 14.9. The number of nitrogens with zero attached hydrogens (tertiary/aromatic N) is 5. The third kappa shape index (κ3) is 4.39. The summed E-state index contributed by atoms with van der Waals surface area (Å²) in [6.45, 7) is 3.62. The van der Waals surface area contributed by atoms with Crippen LogP contribution in [0.2, 0.25) is 0 Å². The number of amides is 1. The highest BCUT2D eigenvalue weighted by Crippen LogP contribution is 2.30. The molecule has 0 radical (unpaired) electrons. The molecule has 3 aliphatic rings. The number of hydrogen-bond acceptors (Lipinski definition) is 8. The predicted octanol–water partition coefficient (Wildman–Crippen LogP) is 2.10. The lowest BCUT2D eigenvalue weighted by atomic mass is 9.93. The molecule has 1 saturated heterocycles. The molecule has 9 nitrogen and oxygen atoms in total. The molecule has 0 spiro atoms. The van der Waals surface area contributed by atoms with Gasteiger partial charge in [-0.25, -0.2) is 4.39 Å². The number of nitrogens with two attached hydrogens (primary N) is 1. The fourth-order valence-corrected chi connectivity index (χ4v) is 4.13. The van der Waals surface area contributed by atoms with Crippen LogP contribution in [-0.2, 0) is 0 Å². The zero-order chi connectivity index (χ0) is 21.4.